The second-order valence-electron chi connectivity index (χ2n) is 2.58. The summed E-state index contributed by atoms with van der Waals surface area (Å²) in [5.74, 6) is 0.392. The van der Waals surface area contributed by atoms with Gasteiger partial charge in [-0.2, -0.15) is 4.98 Å². The van der Waals surface area contributed by atoms with Crippen LogP contribution in [0.4, 0.5) is 11.5 Å². The summed E-state index contributed by atoms with van der Waals surface area (Å²) in [6, 6.07) is 0. The van der Waals surface area contributed by atoms with Gasteiger partial charge in [0.2, 0.25) is 6.35 Å². The van der Waals surface area contributed by atoms with E-state index in [9.17, 15) is 4.79 Å². The van der Waals surface area contributed by atoms with E-state index in [2.05, 4.69) is 20.6 Å². The van der Waals surface area contributed by atoms with Crippen molar-refractivity contribution in [3.05, 3.63) is 16.2 Å². The van der Waals surface area contributed by atoms with Gasteiger partial charge in [-0.15, -0.1) is 0 Å². The van der Waals surface area contributed by atoms with Crippen LogP contribution in [-0.2, 0) is 0 Å². The highest BCUT2D eigenvalue weighted by molar-refractivity contribution is 5.71. The summed E-state index contributed by atoms with van der Waals surface area (Å²) in [5, 5.41) is 14.4. The summed E-state index contributed by atoms with van der Waals surface area (Å²) in [4.78, 5) is 17.0. The average molecular weight is 168 g/mol. The number of hydrogen-bond acceptors (Lipinski definition) is 5. The lowest BCUT2D eigenvalue weighted by molar-refractivity contribution is 0.238. The molecule has 0 fully saturated rings. The lowest BCUT2D eigenvalue weighted by atomic mass is 10.3. The molecule has 0 unspecified atom stereocenters. The Balaban J connectivity index is 2.60. The first-order chi connectivity index (χ1) is 5.66. The van der Waals surface area contributed by atoms with E-state index in [1.165, 1.54) is 0 Å². The first kappa shape index (κ1) is 7.11. The summed E-state index contributed by atoms with van der Waals surface area (Å²) in [7, 11) is 0. The average Bonchev–Trinajstić information content (AvgIpc) is 2.29. The molecule has 6 nitrogen and oxygen atoms in total. The van der Waals surface area contributed by atoms with Crippen LogP contribution in [0.3, 0.4) is 0 Å². The minimum absolute atomic E-state index is 0.392. The molecule has 0 saturated carbocycles. The van der Waals surface area contributed by atoms with Gasteiger partial charge in [0.05, 0.1) is 0 Å². The Hall–Kier alpha value is -1.56. The number of nitrogens with one attached hydrogen (secondary N) is 3. The molecule has 0 bridgehead atoms. The Morgan fingerprint density at radius 1 is 1.50 bits per heavy atom. The highest BCUT2D eigenvalue weighted by Gasteiger charge is 2.20. The van der Waals surface area contributed by atoms with Gasteiger partial charge in [0.25, 0.3) is 0 Å². The first-order valence-corrected chi connectivity index (χ1v) is 3.49. The molecule has 0 radical (unpaired) electrons. The van der Waals surface area contributed by atoms with Gasteiger partial charge in [-0.05, 0) is 6.92 Å². The maximum absolute atomic E-state index is 10.8. The molecule has 0 amide bonds. The number of hydrogen-bond donors (Lipinski definition) is 4. The van der Waals surface area contributed by atoms with E-state index >= 15 is 0 Å². The quantitative estimate of drug-likeness (QED) is 0.407. The second-order valence-corrected chi connectivity index (χ2v) is 2.58. The van der Waals surface area contributed by atoms with E-state index in [1.807, 2.05) is 0 Å². The lowest BCUT2D eigenvalue weighted by Gasteiger charge is -2.01. The van der Waals surface area contributed by atoms with Crippen LogP contribution in [0.2, 0.25) is 0 Å². The molecule has 4 N–H and O–H groups in total. The van der Waals surface area contributed by atoms with Gasteiger partial charge in [0.1, 0.15) is 5.69 Å². The van der Waals surface area contributed by atoms with Crippen molar-refractivity contribution in [3.8, 4) is 0 Å². The maximum atomic E-state index is 10.8. The van der Waals surface area contributed by atoms with Gasteiger partial charge in [-0.25, -0.2) is 4.79 Å². The maximum Gasteiger partial charge on any atom is 0.347 e. The second kappa shape index (κ2) is 2.21. The van der Waals surface area contributed by atoms with Crippen molar-refractivity contribution in [2.24, 2.45) is 0 Å². The minimum atomic E-state index is -0.860. The Kier molecular flexibility index (Phi) is 1.31. The highest BCUT2D eigenvalue weighted by atomic mass is 16.3. The number of rotatable bonds is 0. The highest BCUT2D eigenvalue weighted by Crippen LogP contribution is 2.25. The Labute approximate surface area is 67.7 Å². The lowest BCUT2D eigenvalue weighted by Crippen LogP contribution is -2.20. The summed E-state index contributed by atoms with van der Waals surface area (Å²) < 4.78 is 0. The van der Waals surface area contributed by atoms with Crippen molar-refractivity contribution in [1.29, 1.82) is 0 Å². The Morgan fingerprint density at radius 2 is 2.25 bits per heavy atom. The van der Waals surface area contributed by atoms with Crippen LogP contribution < -0.4 is 16.3 Å². The van der Waals surface area contributed by atoms with E-state index < -0.39 is 12.0 Å². The van der Waals surface area contributed by atoms with E-state index in [1.54, 1.807) is 6.92 Å². The molecule has 1 aromatic heterocycles. The van der Waals surface area contributed by atoms with E-state index in [0.29, 0.717) is 17.2 Å². The molecule has 0 saturated heterocycles. The van der Waals surface area contributed by atoms with Crippen LogP contribution >= 0.6 is 0 Å². The predicted octanol–water partition coefficient (Wildman–Crippen LogP) is -0.808. The molecule has 1 aromatic rings. The van der Waals surface area contributed by atoms with Crippen molar-refractivity contribution < 1.29 is 5.11 Å². The fraction of sp³-hybridized carbons (Fsp3) is 0.333. The molecular weight excluding hydrogens is 160 g/mol. The smallest absolute Gasteiger partial charge is 0.347 e. The van der Waals surface area contributed by atoms with Crippen molar-refractivity contribution >= 4 is 11.5 Å². The van der Waals surface area contributed by atoms with Gasteiger partial charge in [0, 0.05) is 5.69 Å². The van der Waals surface area contributed by atoms with Gasteiger partial charge in [-0.1, -0.05) is 0 Å². The molecule has 64 valence electrons. The fourth-order valence-electron chi connectivity index (χ4n) is 1.17. The number of aliphatic hydroxyl groups is 1. The third-order valence-corrected chi connectivity index (χ3v) is 1.67. The first-order valence-electron chi connectivity index (χ1n) is 3.49. The van der Waals surface area contributed by atoms with Crippen LogP contribution in [-0.4, -0.2) is 21.4 Å². The molecule has 12 heavy (non-hydrogen) atoms. The zero-order chi connectivity index (χ0) is 8.72. The van der Waals surface area contributed by atoms with Crippen LogP contribution in [0.25, 0.3) is 0 Å². The van der Waals surface area contributed by atoms with Crippen molar-refractivity contribution in [3.63, 3.8) is 0 Å². The number of aromatic amines is 1. The summed E-state index contributed by atoms with van der Waals surface area (Å²) in [6.07, 6.45) is -0.860. The summed E-state index contributed by atoms with van der Waals surface area (Å²) >= 11 is 0. The molecule has 6 heteroatoms. The molecule has 1 aliphatic heterocycles. The van der Waals surface area contributed by atoms with Crippen LogP contribution in [0.1, 0.15) is 5.69 Å². The standard InChI is InChI=1S/C6H8N4O2/c1-2-3-4(9-5(11)7-2)10-6(12)8-3/h6,8,12H,1H3,(H2,7,9,10,11)/t6-/m0/s1. The monoisotopic (exact) mass is 168 g/mol. The zero-order valence-corrected chi connectivity index (χ0v) is 6.38. The number of nitrogens with zero attached hydrogens (tertiary/aromatic N) is 1. The topological polar surface area (TPSA) is 90.0 Å². The van der Waals surface area contributed by atoms with Crippen LogP contribution in [0, 0.1) is 6.92 Å². The van der Waals surface area contributed by atoms with Crippen molar-refractivity contribution in [2.75, 3.05) is 10.6 Å². The van der Waals surface area contributed by atoms with Gasteiger partial charge >= 0.3 is 5.69 Å². The molecule has 2 rings (SSSR count). The van der Waals surface area contributed by atoms with E-state index in [-0.39, 0.29) is 0 Å². The normalized spacial score (nSPS) is 19.7. The molecule has 1 atom stereocenters. The van der Waals surface area contributed by atoms with Gasteiger partial charge in [-0.3, -0.25) is 0 Å². The van der Waals surface area contributed by atoms with Crippen molar-refractivity contribution in [2.45, 2.75) is 13.3 Å². The summed E-state index contributed by atoms with van der Waals surface area (Å²) in [5.41, 5.74) is 0.880. The Bertz CT molecular complexity index is 372. The predicted molar refractivity (Wildman–Crippen MR) is 42.8 cm³/mol. The molecular formula is C6H8N4O2. The number of aryl methyl sites for hydroxylation is 1. The van der Waals surface area contributed by atoms with Gasteiger partial charge in [0.15, 0.2) is 5.82 Å². The van der Waals surface area contributed by atoms with Crippen LogP contribution in [0.5, 0.6) is 0 Å². The minimum Gasteiger partial charge on any atom is -0.357 e. The fourth-order valence-corrected chi connectivity index (χ4v) is 1.17. The molecule has 1 aliphatic rings. The molecule has 0 aliphatic carbocycles. The van der Waals surface area contributed by atoms with Gasteiger partial charge < -0.3 is 20.7 Å². The number of aromatic nitrogens is 2. The Morgan fingerprint density at radius 3 is 3.00 bits per heavy atom. The van der Waals surface area contributed by atoms with E-state index in [0.717, 1.165) is 0 Å². The molecule has 0 spiro atoms. The molecule has 2 heterocycles. The molecule has 0 aromatic carbocycles. The number of anilines is 2. The number of aliphatic hydroxyl groups excluding tert-OH is 1. The van der Waals surface area contributed by atoms with Crippen LogP contribution in [0.15, 0.2) is 4.79 Å². The SMILES string of the molecule is Cc1[nH]c(=O)nc2c1N[C@H](O)N2. The van der Waals surface area contributed by atoms with Crippen molar-refractivity contribution in [1.82, 2.24) is 9.97 Å². The third kappa shape index (κ3) is 0.928. The number of H-pyrrole nitrogens is 1. The zero-order valence-electron chi connectivity index (χ0n) is 6.38. The number of fused-ring (bicyclic) bond motifs is 1. The third-order valence-electron chi connectivity index (χ3n) is 1.67. The van der Waals surface area contributed by atoms with E-state index in [4.69, 9.17) is 5.11 Å². The largest absolute Gasteiger partial charge is 0.357 e. The summed E-state index contributed by atoms with van der Waals surface area (Å²) in [6.45, 7) is 1.73.